The molecule has 1 heterocycles. The van der Waals surface area contributed by atoms with Gasteiger partial charge in [-0.1, -0.05) is 43.7 Å². The van der Waals surface area contributed by atoms with Gasteiger partial charge in [-0.05, 0) is 31.4 Å². The van der Waals surface area contributed by atoms with Crippen molar-refractivity contribution in [1.82, 2.24) is 10.3 Å². The first-order chi connectivity index (χ1) is 11.7. The van der Waals surface area contributed by atoms with E-state index in [4.69, 9.17) is 5.11 Å². The molecule has 0 radical (unpaired) electrons. The lowest BCUT2D eigenvalue weighted by molar-refractivity contribution is -0.138. The Hall–Kier alpha value is -2.69. The van der Waals surface area contributed by atoms with Gasteiger partial charge in [-0.25, -0.2) is 0 Å². The van der Waals surface area contributed by atoms with E-state index in [9.17, 15) is 9.59 Å². The maximum atomic E-state index is 12.7. The number of aromatic nitrogens is 1. The van der Waals surface area contributed by atoms with Crippen LogP contribution in [-0.2, 0) is 4.79 Å². The minimum atomic E-state index is -0.942. The zero-order valence-electron chi connectivity index (χ0n) is 15.0. The molecular weight excluding hydrogens is 316 g/mol. The fourth-order valence-corrected chi connectivity index (χ4v) is 2.58. The molecule has 0 fully saturated rings. The van der Waals surface area contributed by atoms with Crippen molar-refractivity contribution in [2.24, 2.45) is 5.92 Å². The third-order valence-electron chi connectivity index (χ3n) is 4.54. The first kappa shape index (κ1) is 18.6. The molecule has 0 saturated carbocycles. The van der Waals surface area contributed by atoms with Gasteiger partial charge in [0.2, 0.25) is 0 Å². The Morgan fingerprint density at radius 3 is 2.52 bits per heavy atom. The molecule has 1 amide bonds. The predicted octanol–water partition coefficient (Wildman–Crippen LogP) is 3.68. The van der Waals surface area contributed by atoms with Crippen LogP contribution in [0.15, 0.2) is 42.7 Å². The second kappa shape index (κ2) is 7.47. The Kier molecular flexibility index (Phi) is 5.57. The van der Waals surface area contributed by atoms with Crippen molar-refractivity contribution in [3.63, 3.8) is 0 Å². The lowest BCUT2D eigenvalue weighted by Gasteiger charge is -2.33. The summed E-state index contributed by atoms with van der Waals surface area (Å²) in [6.45, 7) is 7.55. The molecule has 1 unspecified atom stereocenters. The normalized spacial score (nSPS) is 13.3. The lowest BCUT2D eigenvalue weighted by Crippen LogP contribution is -2.51. The third-order valence-corrected chi connectivity index (χ3v) is 4.54. The molecule has 1 atom stereocenters. The molecule has 1 aromatic heterocycles. The number of rotatable bonds is 6. The summed E-state index contributed by atoms with van der Waals surface area (Å²) >= 11 is 0. The largest absolute Gasteiger partial charge is 0.481 e. The van der Waals surface area contributed by atoms with E-state index in [0.29, 0.717) is 5.56 Å². The van der Waals surface area contributed by atoms with E-state index in [1.165, 1.54) is 6.20 Å². The maximum absolute atomic E-state index is 12.7. The van der Waals surface area contributed by atoms with Gasteiger partial charge >= 0.3 is 5.97 Å². The number of carbonyl (C=O) groups is 2. The average molecular weight is 340 g/mol. The quantitative estimate of drug-likeness (QED) is 0.841. The van der Waals surface area contributed by atoms with Crippen molar-refractivity contribution in [1.29, 1.82) is 0 Å². The second-order valence-electron chi connectivity index (χ2n) is 6.93. The SMILES string of the molecule is Cc1cccc(-c2cncc(C(=O)NC(C)(CC(=O)O)C(C)C)c2)c1. The van der Waals surface area contributed by atoms with Crippen molar-refractivity contribution >= 4 is 11.9 Å². The Labute approximate surface area is 148 Å². The lowest BCUT2D eigenvalue weighted by atomic mass is 9.85. The molecule has 0 saturated heterocycles. The minimum absolute atomic E-state index is 0.0273. The van der Waals surface area contributed by atoms with Gasteiger partial charge in [0, 0.05) is 18.0 Å². The summed E-state index contributed by atoms with van der Waals surface area (Å²) in [7, 11) is 0. The zero-order chi connectivity index (χ0) is 18.6. The number of amides is 1. The number of hydrogen-bond acceptors (Lipinski definition) is 3. The molecule has 2 N–H and O–H groups in total. The van der Waals surface area contributed by atoms with Crippen molar-refractivity contribution in [2.45, 2.75) is 39.7 Å². The Morgan fingerprint density at radius 1 is 1.20 bits per heavy atom. The highest BCUT2D eigenvalue weighted by Gasteiger charge is 2.33. The van der Waals surface area contributed by atoms with E-state index < -0.39 is 11.5 Å². The van der Waals surface area contributed by atoms with Crippen LogP contribution in [0.4, 0.5) is 0 Å². The van der Waals surface area contributed by atoms with Crippen LogP contribution in [0.1, 0.15) is 43.1 Å². The maximum Gasteiger partial charge on any atom is 0.305 e. The number of aryl methyl sites for hydroxylation is 1. The molecule has 2 rings (SSSR count). The molecular formula is C20H24N2O3. The summed E-state index contributed by atoms with van der Waals surface area (Å²) in [4.78, 5) is 28.0. The first-order valence-electron chi connectivity index (χ1n) is 8.27. The molecule has 0 bridgehead atoms. The highest BCUT2D eigenvalue weighted by atomic mass is 16.4. The number of carbonyl (C=O) groups excluding carboxylic acids is 1. The molecule has 1 aromatic carbocycles. The van der Waals surface area contributed by atoms with Crippen LogP contribution in [0.5, 0.6) is 0 Å². The van der Waals surface area contributed by atoms with Gasteiger partial charge in [0.25, 0.3) is 5.91 Å². The number of carboxylic acid groups (broad SMARTS) is 1. The Morgan fingerprint density at radius 2 is 1.92 bits per heavy atom. The number of carboxylic acids is 1. The van der Waals surface area contributed by atoms with Gasteiger partial charge in [-0.2, -0.15) is 0 Å². The van der Waals surface area contributed by atoms with Gasteiger partial charge in [-0.15, -0.1) is 0 Å². The van der Waals surface area contributed by atoms with E-state index in [1.807, 2.05) is 45.0 Å². The molecule has 0 aliphatic rings. The van der Waals surface area contributed by atoms with Crippen LogP contribution >= 0.6 is 0 Å². The molecule has 132 valence electrons. The summed E-state index contributed by atoms with van der Waals surface area (Å²) < 4.78 is 0. The van der Waals surface area contributed by atoms with Crippen molar-refractivity contribution in [2.75, 3.05) is 0 Å². The molecule has 5 heteroatoms. The monoisotopic (exact) mass is 340 g/mol. The van der Waals surface area contributed by atoms with Gasteiger partial charge in [0.05, 0.1) is 17.5 Å². The highest BCUT2D eigenvalue weighted by Crippen LogP contribution is 2.23. The van der Waals surface area contributed by atoms with Crippen LogP contribution in [0.2, 0.25) is 0 Å². The van der Waals surface area contributed by atoms with Gasteiger partial charge < -0.3 is 10.4 Å². The van der Waals surface area contributed by atoms with Gasteiger partial charge in [0.15, 0.2) is 0 Å². The van der Waals surface area contributed by atoms with E-state index in [-0.39, 0.29) is 18.2 Å². The van der Waals surface area contributed by atoms with Gasteiger partial charge in [0.1, 0.15) is 0 Å². The highest BCUT2D eigenvalue weighted by molar-refractivity contribution is 5.95. The van der Waals surface area contributed by atoms with Crippen LogP contribution in [0.25, 0.3) is 11.1 Å². The zero-order valence-corrected chi connectivity index (χ0v) is 15.0. The van der Waals surface area contributed by atoms with Crippen LogP contribution in [0.3, 0.4) is 0 Å². The van der Waals surface area contributed by atoms with Crippen LogP contribution < -0.4 is 5.32 Å². The number of hydrogen-bond donors (Lipinski definition) is 2. The van der Waals surface area contributed by atoms with Crippen molar-refractivity contribution in [3.05, 3.63) is 53.9 Å². The first-order valence-corrected chi connectivity index (χ1v) is 8.27. The molecule has 5 nitrogen and oxygen atoms in total. The molecule has 0 aliphatic carbocycles. The van der Waals surface area contributed by atoms with E-state index in [2.05, 4.69) is 10.3 Å². The number of nitrogens with zero attached hydrogens (tertiary/aromatic N) is 1. The van der Waals surface area contributed by atoms with Gasteiger partial charge in [-0.3, -0.25) is 14.6 Å². The standard InChI is InChI=1S/C20H24N2O3/c1-13(2)20(4,10-18(23)24)22-19(25)17-9-16(11-21-12-17)15-7-5-6-14(3)8-15/h5-9,11-13H,10H2,1-4H3,(H,22,25)(H,23,24). The number of nitrogens with one attached hydrogen (secondary N) is 1. The number of aliphatic carboxylic acids is 1. The second-order valence-corrected chi connectivity index (χ2v) is 6.93. The van der Waals surface area contributed by atoms with Crippen LogP contribution in [-0.4, -0.2) is 27.5 Å². The fourth-order valence-electron chi connectivity index (χ4n) is 2.58. The molecule has 2 aromatic rings. The molecule has 25 heavy (non-hydrogen) atoms. The van der Waals surface area contributed by atoms with E-state index in [0.717, 1.165) is 16.7 Å². The predicted molar refractivity (Wildman–Crippen MR) is 97.4 cm³/mol. The van der Waals surface area contributed by atoms with Crippen molar-refractivity contribution < 1.29 is 14.7 Å². The number of pyridine rings is 1. The molecule has 0 spiro atoms. The summed E-state index contributed by atoms with van der Waals surface area (Å²) in [5, 5.41) is 12.0. The smallest absolute Gasteiger partial charge is 0.305 e. The topological polar surface area (TPSA) is 79.3 Å². The summed E-state index contributed by atoms with van der Waals surface area (Å²) in [6, 6.07) is 9.74. The van der Waals surface area contributed by atoms with E-state index >= 15 is 0 Å². The summed E-state index contributed by atoms with van der Waals surface area (Å²) in [5.41, 5.74) is 2.54. The van der Waals surface area contributed by atoms with E-state index in [1.54, 1.807) is 19.2 Å². The number of benzene rings is 1. The van der Waals surface area contributed by atoms with Crippen LogP contribution in [0, 0.1) is 12.8 Å². The average Bonchev–Trinajstić information content (AvgIpc) is 2.54. The summed E-state index contributed by atoms with van der Waals surface area (Å²) in [5.74, 6) is -1.29. The van der Waals surface area contributed by atoms with Crippen molar-refractivity contribution in [3.8, 4) is 11.1 Å². The Balaban J connectivity index is 2.28. The minimum Gasteiger partial charge on any atom is -0.481 e. The summed E-state index contributed by atoms with van der Waals surface area (Å²) in [6.07, 6.45) is 3.07. The fraction of sp³-hybridized carbons (Fsp3) is 0.350. The Bertz CT molecular complexity index is 786. The molecule has 0 aliphatic heterocycles. The third kappa shape index (κ3) is 4.66.